The van der Waals surface area contributed by atoms with Crippen molar-refractivity contribution in [2.24, 2.45) is 0 Å². The zero-order chi connectivity index (χ0) is 19.9. The highest BCUT2D eigenvalue weighted by Crippen LogP contribution is 2.31. The average Bonchev–Trinajstić information content (AvgIpc) is 3.27. The first-order valence-corrected chi connectivity index (χ1v) is 9.22. The maximum atomic E-state index is 12.1. The normalized spacial score (nSPS) is 10.8. The first-order valence-electron chi connectivity index (χ1n) is 8.34. The monoisotopic (exact) mass is 391 g/mol. The zero-order valence-corrected chi connectivity index (χ0v) is 16.2. The Morgan fingerprint density at radius 3 is 2.54 bits per heavy atom. The summed E-state index contributed by atoms with van der Waals surface area (Å²) in [6, 6.07) is 18.0. The van der Waals surface area contributed by atoms with Gasteiger partial charge in [0, 0.05) is 0 Å². The van der Waals surface area contributed by atoms with Crippen LogP contribution in [0.25, 0.3) is 11.6 Å². The number of benzene rings is 2. The van der Waals surface area contributed by atoms with Crippen LogP contribution in [-0.2, 0) is 0 Å². The molecule has 140 valence electrons. The number of thiophene rings is 1. The van der Waals surface area contributed by atoms with Crippen LogP contribution in [-0.4, -0.2) is 20.2 Å². The number of allylic oxidation sites excluding steroid dienone is 1. The number of methoxy groups -OCH3 is 2. The fourth-order valence-corrected chi connectivity index (χ4v) is 3.17. The molecule has 0 amide bonds. The van der Waals surface area contributed by atoms with E-state index in [0.717, 1.165) is 5.56 Å². The lowest BCUT2D eigenvalue weighted by Crippen LogP contribution is -2.06. The lowest BCUT2D eigenvalue weighted by molar-refractivity contribution is 0.0740. The topological polar surface area (TPSA) is 68.5 Å². The van der Waals surface area contributed by atoms with Crippen molar-refractivity contribution in [3.63, 3.8) is 0 Å². The molecule has 5 nitrogen and oxygen atoms in total. The van der Waals surface area contributed by atoms with Crippen LogP contribution in [0.15, 0.2) is 60.0 Å². The van der Waals surface area contributed by atoms with Crippen molar-refractivity contribution in [1.82, 2.24) is 0 Å². The molecule has 3 rings (SSSR count). The van der Waals surface area contributed by atoms with Gasteiger partial charge in [0.2, 0.25) is 0 Å². The number of rotatable bonds is 6. The van der Waals surface area contributed by atoms with E-state index < -0.39 is 5.97 Å². The molecule has 0 aliphatic heterocycles. The van der Waals surface area contributed by atoms with E-state index in [9.17, 15) is 10.1 Å². The Balaban J connectivity index is 1.87. The predicted molar refractivity (Wildman–Crippen MR) is 109 cm³/mol. The molecule has 28 heavy (non-hydrogen) atoms. The Labute approximate surface area is 167 Å². The summed E-state index contributed by atoms with van der Waals surface area (Å²) in [4.78, 5) is 12.6. The number of nitrogens with zero attached hydrogens (tertiary/aromatic N) is 1. The molecule has 0 fully saturated rings. The van der Waals surface area contributed by atoms with Crippen molar-refractivity contribution in [3.8, 4) is 23.3 Å². The number of hydrogen-bond donors (Lipinski definition) is 0. The third-order valence-electron chi connectivity index (χ3n) is 3.92. The average molecular weight is 391 g/mol. The van der Waals surface area contributed by atoms with Crippen LogP contribution >= 0.6 is 11.3 Å². The molecule has 0 atom stereocenters. The van der Waals surface area contributed by atoms with Gasteiger partial charge in [-0.3, -0.25) is 0 Å². The minimum atomic E-state index is -0.406. The summed E-state index contributed by atoms with van der Waals surface area (Å²) in [5, 5.41) is 11.4. The van der Waals surface area contributed by atoms with Crippen molar-refractivity contribution in [2.75, 3.05) is 14.2 Å². The fourth-order valence-electron chi connectivity index (χ4n) is 2.57. The van der Waals surface area contributed by atoms with Gasteiger partial charge in [-0.25, -0.2) is 4.79 Å². The molecule has 0 N–H and O–H groups in total. The lowest BCUT2D eigenvalue weighted by atomic mass is 10.0. The molecule has 1 heterocycles. The summed E-state index contributed by atoms with van der Waals surface area (Å²) in [5.41, 5.74) is 1.88. The number of nitriles is 1. The van der Waals surface area contributed by atoms with Gasteiger partial charge in [-0.05, 0) is 59.0 Å². The predicted octanol–water partition coefficient (Wildman–Crippen LogP) is 5.05. The van der Waals surface area contributed by atoms with Gasteiger partial charge < -0.3 is 14.2 Å². The first-order chi connectivity index (χ1) is 13.6. The van der Waals surface area contributed by atoms with E-state index in [2.05, 4.69) is 6.07 Å². The molecule has 0 saturated carbocycles. The SMILES string of the molecule is COc1ccc(/C(C#N)=C\c2cccc(OC(=O)c3cccs3)c2)cc1OC. The van der Waals surface area contributed by atoms with Crippen molar-refractivity contribution in [3.05, 3.63) is 76.0 Å². The third kappa shape index (κ3) is 4.40. The molecule has 0 bridgehead atoms. The largest absolute Gasteiger partial charge is 0.493 e. The molecular weight excluding hydrogens is 374 g/mol. The Kier molecular flexibility index (Phi) is 6.10. The summed E-state index contributed by atoms with van der Waals surface area (Å²) >= 11 is 1.32. The van der Waals surface area contributed by atoms with Gasteiger partial charge in [0.15, 0.2) is 11.5 Å². The van der Waals surface area contributed by atoms with Crippen LogP contribution in [0.4, 0.5) is 0 Å². The molecule has 0 aliphatic rings. The van der Waals surface area contributed by atoms with Gasteiger partial charge in [-0.15, -0.1) is 11.3 Å². The Morgan fingerprint density at radius 2 is 1.86 bits per heavy atom. The van der Waals surface area contributed by atoms with Crippen molar-refractivity contribution in [2.45, 2.75) is 0 Å². The molecule has 6 heteroatoms. The van der Waals surface area contributed by atoms with Crippen LogP contribution < -0.4 is 14.2 Å². The molecule has 2 aromatic carbocycles. The van der Waals surface area contributed by atoms with Crippen molar-refractivity contribution in [1.29, 1.82) is 5.26 Å². The second kappa shape index (κ2) is 8.89. The lowest BCUT2D eigenvalue weighted by Gasteiger charge is -2.09. The smallest absolute Gasteiger partial charge is 0.353 e. The number of esters is 1. The Bertz CT molecular complexity index is 1050. The molecule has 0 unspecified atom stereocenters. The molecular formula is C22H17NO4S. The molecule has 0 spiro atoms. The second-order valence-corrected chi connectivity index (χ2v) is 6.63. The Hall–Kier alpha value is -3.56. The highest BCUT2D eigenvalue weighted by molar-refractivity contribution is 7.12. The summed E-state index contributed by atoms with van der Waals surface area (Å²) in [7, 11) is 3.10. The maximum Gasteiger partial charge on any atom is 0.353 e. The van der Waals surface area contributed by atoms with Gasteiger partial charge in [0.05, 0.1) is 25.9 Å². The van der Waals surface area contributed by atoms with E-state index in [-0.39, 0.29) is 0 Å². The standard InChI is InChI=1S/C22H17NO4S/c1-25-19-9-8-16(13-20(19)26-2)17(14-23)11-15-5-3-6-18(12-15)27-22(24)21-7-4-10-28-21/h3-13H,1-2H3/b17-11-. The van der Waals surface area contributed by atoms with Gasteiger partial charge >= 0.3 is 5.97 Å². The van der Waals surface area contributed by atoms with Crippen LogP contribution in [0.1, 0.15) is 20.8 Å². The van der Waals surface area contributed by atoms with Crippen LogP contribution in [0, 0.1) is 11.3 Å². The molecule has 3 aromatic rings. The quantitative estimate of drug-likeness (QED) is 0.255. The van der Waals surface area contributed by atoms with Crippen LogP contribution in [0.3, 0.4) is 0 Å². The second-order valence-electron chi connectivity index (χ2n) is 5.68. The third-order valence-corrected chi connectivity index (χ3v) is 4.77. The van der Waals surface area contributed by atoms with Gasteiger partial charge in [0.1, 0.15) is 10.6 Å². The minimum Gasteiger partial charge on any atom is -0.493 e. The van der Waals surface area contributed by atoms with Crippen molar-refractivity contribution < 1.29 is 19.0 Å². The molecule has 1 aromatic heterocycles. The number of hydrogen-bond acceptors (Lipinski definition) is 6. The molecule has 0 saturated heterocycles. The first kappa shape index (κ1) is 19.2. The molecule has 0 aliphatic carbocycles. The molecule has 0 radical (unpaired) electrons. The van der Waals surface area contributed by atoms with E-state index >= 15 is 0 Å². The summed E-state index contributed by atoms with van der Waals surface area (Å²) in [5.74, 6) is 1.14. The van der Waals surface area contributed by atoms with E-state index in [0.29, 0.717) is 33.3 Å². The summed E-state index contributed by atoms with van der Waals surface area (Å²) < 4.78 is 15.9. The minimum absolute atomic E-state index is 0.406. The van der Waals surface area contributed by atoms with E-state index in [1.165, 1.54) is 11.3 Å². The zero-order valence-electron chi connectivity index (χ0n) is 15.3. The highest BCUT2D eigenvalue weighted by atomic mass is 32.1. The number of carbonyl (C=O) groups excluding carboxylic acids is 1. The van der Waals surface area contributed by atoms with Gasteiger partial charge in [0.25, 0.3) is 0 Å². The number of carbonyl (C=O) groups is 1. The van der Waals surface area contributed by atoms with Crippen LogP contribution in [0.5, 0.6) is 17.2 Å². The van der Waals surface area contributed by atoms with E-state index in [1.807, 2.05) is 11.4 Å². The summed E-state index contributed by atoms with van der Waals surface area (Å²) in [6.07, 6.45) is 1.73. The Morgan fingerprint density at radius 1 is 1.04 bits per heavy atom. The van der Waals surface area contributed by atoms with Crippen LogP contribution in [0.2, 0.25) is 0 Å². The summed E-state index contributed by atoms with van der Waals surface area (Å²) in [6.45, 7) is 0. The fraction of sp³-hybridized carbons (Fsp3) is 0.0909. The highest BCUT2D eigenvalue weighted by Gasteiger charge is 2.11. The maximum absolute atomic E-state index is 12.1. The van der Waals surface area contributed by atoms with E-state index in [4.69, 9.17) is 14.2 Å². The van der Waals surface area contributed by atoms with Crippen molar-refractivity contribution >= 4 is 29.0 Å². The van der Waals surface area contributed by atoms with Gasteiger partial charge in [-0.2, -0.15) is 5.26 Å². The van der Waals surface area contributed by atoms with Gasteiger partial charge in [-0.1, -0.05) is 18.2 Å². The number of ether oxygens (including phenoxy) is 3. The van der Waals surface area contributed by atoms with E-state index in [1.54, 1.807) is 68.8 Å².